The van der Waals surface area contributed by atoms with Gasteiger partial charge in [-0.25, -0.2) is 9.97 Å². The summed E-state index contributed by atoms with van der Waals surface area (Å²) in [6, 6.07) is 3.58. The molecule has 2 aromatic heterocycles. The molecule has 0 radical (unpaired) electrons. The smallest absolute Gasteiger partial charge is 0.244 e. The average Bonchev–Trinajstić information content (AvgIpc) is 3.01. The Kier molecular flexibility index (Phi) is 4.65. The Morgan fingerprint density at radius 3 is 2.91 bits per heavy atom. The van der Waals surface area contributed by atoms with Crippen molar-refractivity contribution in [2.45, 2.75) is 25.7 Å². The van der Waals surface area contributed by atoms with Crippen molar-refractivity contribution < 1.29 is 9.59 Å². The van der Waals surface area contributed by atoms with E-state index in [0.717, 1.165) is 25.1 Å². The van der Waals surface area contributed by atoms with Gasteiger partial charge in [0.15, 0.2) is 0 Å². The van der Waals surface area contributed by atoms with Gasteiger partial charge in [-0.3, -0.25) is 14.2 Å². The molecular weight excluding hydrogens is 294 g/mol. The molecule has 1 saturated heterocycles. The molecule has 1 fully saturated rings. The molecule has 120 valence electrons. The predicted octanol–water partition coefficient (Wildman–Crippen LogP) is 1.61. The second-order valence-electron chi connectivity index (χ2n) is 5.55. The summed E-state index contributed by atoms with van der Waals surface area (Å²) < 4.78 is 1.78. The summed E-state index contributed by atoms with van der Waals surface area (Å²) >= 11 is 0. The molecule has 0 unspecified atom stereocenters. The summed E-state index contributed by atoms with van der Waals surface area (Å²) in [4.78, 5) is 33.9. The Labute approximate surface area is 134 Å². The van der Waals surface area contributed by atoms with E-state index in [1.165, 1.54) is 0 Å². The maximum Gasteiger partial charge on any atom is 0.244 e. The van der Waals surface area contributed by atoms with Crippen LogP contribution in [0.25, 0.3) is 5.82 Å². The molecule has 0 aromatic carbocycles. The number of carbonyl (C=O) groups is 2. The van der Waals surface area contributed by atoms with E-state index in [2.05, 4.69) is 15.3 Å². The zero-order valence-electron chi connectivity index (χ0n) is 12.8. The van der Waals surface area contributed by atoms with Crippen LogP contribution in [0.4, 0.5) is 5.69 Å². The van der Waals surface area contributed by atoms with Gasteiger partial charge in [0.05, 0.1) is 18.4 Å². The summed E-state index contributed by atoms with van der Waals surface area (Å²) in [5, 5.41) is 2.78. The lowest BCUT2D eigenvalue weighted by Gasteiger charge is -2.19. The number of carbonyl (C=O) groups excluding carboxylic acids is 2. The molecule has 2 aromatic rings. The standard InChI is InChI=1S/C16H19N5O2/c22-15(11-20-8-3-1-2-4-16(20)23)19-13-5-6-14(18-10-13)21-9-7-17-12-21/h5-7,9-10,12H,1-4,8,11H2,(H,19,22). The molecule has 0 aliphatic carbocycles. The highest BCUT2D eigenvalue weighted by molar-refractivity contribution is 5.94. The van der Waals surface area contributed by atoms with Crippen molar-refractivity contribution in [2.24, 2.45) is 0 Å². The highest BCUT2D eigenvalue weighted by Gasteiger charge is 2.19. The molecule has 0 spiro atoms. The fourth-order valence-corrected chi connectivity index (χ4v) is 2.59. The van der Waals surface area contributed by atoms with Crippen molar-refractivity contribution in [1.82, 2.24) is 19.4 Å². The molecule has 2 amide bonds. The van der Waals surface area contributed by atoms with Crippen molar-refractivity contribution in [1.29, 1.82) is 0 Å². The second kappa shape index (κ2) is 7.04. The van der Waals surface area contributed by atoms with Gasteiger partial charge in [0.1, 0.15) is 12.1 Å². The second-order valence-corrected chi connectivity index (χ2v) is 5.55. The molecule has 1 aliphatic heterocycles. The van der Waals surface area contributed by atoms with Gasteiger partial charge >= 0.3 is 0 Å². The third-order valence-corrected chi connectivity index (χ3v) is 3.81. The summed E-state index contributed by atoms with van der Waals surface area (Å²) in [5.41, 5.74) is 0.612. The van der Waals surface area contributed by atoms with Gasteiger partial charge in [-0.15, -0.1) is 0 Å². The van der Waals surface area contributed by atoms with Crippen LogP contribution in [0.3, 0.4) is 0 Å². The van der Waals surface area contributed by atoms with Crippen LogP contribution in [-0.2, 0) is 9.59 Å². The molecular formula is C16H19N5O2. The van der Waals surface area contributed by atoms with Crippen LogP contribution >= 0.6 is 0 Å². The van der Waals surface area contributed by atoms with Crippen molar-refractivity contribution in [3.8, 4) is 5.82 Å². The van der Waals surface area contributed by atoms with E-state index >= 15 is 0 Å². The number of pyridine rings is 1. The van der Waals surface area contributed by atoms with Crippen LogP contribution in [0.15, 0.2) is 37.1 Å². The Bertz CT molecular complexity index is 666. The first-order chi connectivity index (χ1) is 11.2. The van der Waals surface area contributed by atoms with E-state index in [9.17, 15) is 9.59 Å². The molecule has 0 atom stereocenters. The first-order valence-electron chi connectivity index (χ1n) is 7.74. The molecule has 1 N–H and O–H groups in total. The van der Waals surface area contributed by atoms with E-state index < -0.39 is 0 Å². The minimum absolute atomic E-state index is 0.0613. The third-order valence-electron chi connectivity index (χ3n) is 3.81. The first kappa shape index (κ1) is 15.2. The van der Waals surface area contributed by atoms with E-state index in [1.54, 1.807) is 46.5 Å². The molecule has 0 saturated carbocycles. The number of likely N-dealkylation sites (tertiary alicyclic amines) is 1. The number of anilines is 1. The van der Waals surface area contributed by atoms with Gasteiger partial charge in [0.2, 0.25) is 11.8 Å². The lowest BCUT2D eigenvalue weighted by atomic mass is 10.2. The van der Waals surface area contributed by atoms with Crippen LogP contribution < -0.4 is 5.32 Å². The molecule has 7 nitrogen and oxygen atoms in total. The zero-order chi connectivity index (χ0) is 16.1. The molecule has 7 heteroatoms. The van der Waals surface area contributed by atoms with Crippen LogP contribution in [0, 0.1) is 0 Å². The van der Waals surface area contributed by atoms with Gasteiger partial charge in [-0.05, 0) is 25.0 Å². The summed E-state index contributed by atoms with van der Waals surface area (Å²) in [5.74, 6) is 0.590. The predicted molar refractivity (Wildman–Crippen MR) is 85.0 cm³/mol. The minimum atomic E-state index is -0.197. The number of aromatic nitrogens is 3. The number of nitrogens with one attached hydrogen (secondary N) is 1. The normalized spacial score (nSPS) is 15.3. The lowest BCUT2D eigenvalue weighted by molar-refractivity contribution is -0.134. The quantitative estimate of drug-likeness (QED) is 0.930. The van der Waals surface area contributed by atoms with E-state index in [1.807, 2.05) is 0 Å². The van der Waals surface area contributed by atoms with E-state index in [4.69, 9.17) is 0 Å². The Hall–Kier alpha value is -2.70. The largest absolute Gasteiger partial charge is 0.333 e. The third kappa shape index (κ3) is 3.94. The van der Waals surface area contributed by atoms with Crippen LogP contribution in [0.2, 0.25) is 0 Å². The zero-order valence-corrected chi connectivity index (χ0v) is 12.8. The monoisotopic (exact) mass is 313 g/mol. The molecule has 3 rings (SSSR count). The van der Waals surface area contributed by atoms with Crippen molar-refractivity contribution >= 4 is 17.5 Å². The van der Waals surface area contributed by atoms with E-state index in [0.29, 0.717) is 18.7 Å². The summed E-state index contributed by atoms with van der Waals surface area (Å²) in [7, 11) is 0. The van der Waals surface area contributed by atoms with Crippen molar-refractivity contribution in [3.05, 3.63) is 37.1 Å². The summed E-state index contributed by atoms with van der Waals surface area (Å²) in [6.07, 6.45) is 10.2. The fourth-order valence-electron chi connectivity index (χ4n) is 2.59. The van der Waals surface area contributed by atoms with Crippen LogP contribution in [0.1, 0.15) is 25.7 Å². The highest BCUT2D eigenvalue weighted by atomic mass is 16.2. The Balaban J connectivity index is 1.58. The van der Waals surface area contributed by atoms with Crippen LogP contribution in [0.5, 0.6) is 0 Å². The fraction of sp³-hybridized carbons (Fsp3) is 0.375. The number of imidazole rings is 1. The maximum atomic E-state index is 12.1. The maximum absolute atomic E-state index is 12.1. The topological polar surface area (TPSA) is 80.1 Å². The number of nitrogens with zero attached hydrogens (tertiary/aromatic N) is 4. The van der Waals surface area contributed by atoms with Crippen LogP contribution in [-0.4, -0.2) is 44.3 Å². The number of amides is 2. The number of hydrogen-bond acceptors (Lipinski definition) is 4. The van der Waals surface area contributed by atoms with Gasteiger partial charge < -0.3 is 10.2 Å². The number of hydrogen-bond donors (Lipinski definition) is 1. The molecule has 1 aliphatic rings. The SMILES string of the molecule is O=C(CN1CCCCCC1=O)Nc1ccc(-n2ccnc2)nc1. The molecule has 23 heavy (non-hydrogen) atoms. The van der Waals surface area contributed by atoms with Crippen molar-refractivity contribution in [2.75, 3.05) is 18.4 Å². The Morgan fingerprint density at radius 2 is 2.17 bits per heavy atom. The molecule has 0 bridgehead atoms. The average molecular weight is 313 g/mol. The highest BCUT2D eigenvalue weighted by Crippen LogP contribution is 2.12. The van der Waals surface area contributed by atoms with Gasteiger partial charge in [-0.2, -0.15) is 0 Å². The number of rotatable bonds is 4. The van der Waals surface area contributed by atoms with E-state index in [-0.39, 0.29) is 18.4 Å². The summed E-state index contributed by atoms with van der Waals surface area (Å²) in [6.45, 7) is 0.756. The minimum Gasteiger partial charge on any atom is -0.333 e. The van der Waals surface area contributed by atoms with Gasteiger partial charge in [-0.1, -0.05) is 6.42 Å². The van der Waals surface area contributed by atoms with Gasteiger partial charge in [0, 0.05) is 25.4 Å². The first-order valence-corrected chi connectivity index (χ1v) is 7.74. The molecule has 3 heterocycles. The van der Waals surface area contributed by atoms with Gasteiger partial charge in [0.25, 0.3) is 0 Å². The Morgan fingerprint density at radius 1 is 1.26 bits per heavy atom. The lowest BCUT2D eigenvalue weighted by Crippen LogP contribution is -2.37. The van der Waals surface area contributed by atoms with Crippen molar-refractivity contribution in [3.63, 3.8) is 0 Å².